The summed E-state index contributed by atoms with van der Waals surface area (Å²) in [4.78, 5) is 15.4. The van der Waals surface area contributed by atoms with Crippen molar-refractivity contribution in [2.75, 3.05) is 0 Å². The molecular formula is C37H24N6. The van der Waals surface area contributed by atoms with Crippen molar-refractivity contribution in [1.29, 1.82) is 0 Å². The Morgan fingerprint density at radius 1 is 0.488 bits per heavy atom. The molecule has 0 spiro atoms. The molecule has 0 aliphatic heterocycles. The zero-order valence-corrected chi connectivity index (χ0v) is 23.0. The van der Waals surface area contributed by atoms with Crippen LogP contribution in [0, 0.1) is 0 Å². The molecule has 0 N–H and O–H groups in total. The third kappa shape index (κ3) is 3.57. The summed E-state index contributed by atoms with van der Waals surface area (Å²) in [6.07, 6.45) is 0. The fourth-order valence-electron chi connectivity index (χ4n) is 6.18. The lowest BCUT2D eigenvalue weighted by Gasteiger charge is -2.12. The van der Waals surface area contributed by atoms with Crippen molar-refractivity contribution in [3.8, 4) is 34.2 Å². The van der Waals surface area contributed by atoms with Gasteiger partial charge in [-0.25, -0.2) is 15.0 Å². The van der Waals surface area contributed by atoms with Crippen LogP contribution in [0.1, 0.15) is 0 Å². The quantitative estimate of drug-likeness (QED) is 0.220. The maximum Gasteiger partial charge on any atom is 0.221 e. The molecule has 5 aromatic carbocycles. The van der Waals surface area contributed by atoms with E-state index in [2.05, 4.69) is 111 Å². The Morgan fingerprint density at radius 3 is 1.88 bits per heavy atom. The second kappa shape index (κ2) is 9.26. The van der Waals surface area contributed by atoms with Gasteiger partial charge in [0.05, 0.1) is 22.2 Å². The van der Waals surface area contributed by atoms with Crippen LogP contribution in [0.2, 0.25) is 0 Å². The molecule has 0 aliphatic carbocycles. The number of hydrogen-bond donors (Lipinski definition) is 0. The fraction of sp³-hybridized carbons (Fsp3) is 0. The lowest BCUT2D eigenvalue weighted by molar-refractivity contribution is 1.02. The summed E-state index contributed by atoms with van der Waals surface area (Å²) in [7, 11) is 0. The van der Waals surface area contributed by atoms with Gasteiger partial charge in [-0.15, -0.1) is 0 Å². The first-order valence-electron chi connectivity index (χ1n) is 14.3. The largest absolute Gasteiger partial charge is 0.277 e. The first-order chi connectivity index (χ1) is 21.3. The van der Waals surface area contributed by atoms with Crippen molar-refractivity contribution in [2.45, 2.75) is 0 Å². The molecule has 0 saturated heterocycles. The Morgan fingerprint density at radius 2 is 1.12 bits per heavy atom. The van der Waals surface area contributed by atoms with Crippen LogP contribution in [0.5, 0.6) is 0 Å². The van der Waals surface area contributed by atoms with Crippen molar-refractivity contribution < 1.29 is 0 Å². The predicted octanol–water partition coefficient (Wildman–Crippen LogP) is 8.50. The molecule has 4 aromatic heterocycles. The van der Waals surface area contributed by atoms with E-state index in [1.54, 1.807) is 0 Å². The lowest BCUT2D eigenvalue weighted by atomic mass is 10.1. The van der Waals surface area contributed by atoms with E-state index in [1.807, 2.05) is 48.5 Å². The topological polar surface area (TPSA) is 52.9 Å². The molecule has 0 radical (unpaired) electrons. The van der Waals surface area contributed by atoms with Crippen molar-refractivity contribution in [3.05, 3.63) is 146 Å². The van der Waals surface area contributed by atoms with Gasteiger partial charge in [-0.2, -0.15) is 0 Å². The molecule has 6 heteroatoms. The molecule has 0 unspecified atom stereocenters. The number of nitrogens with zero attached hydrogens (tertiary/aromatic N) is 6. The summed E-state index contributed by atoms with van der Waals surface area (Å²) >= 11 is 0. The Hall–Kier alpha value is -6.01. The molecule has 0 amide bonds. The fourth-order valence-corrected chi connectivity index (χ4v) is 6.18. The number of rotatable bonds is 4. The highest BCUT2D eigenvalue weighted by atomic mass is 15.3. The summed E-state index contributed by atoms with van der Waals surface area (Å²) < 4.78 is 6.81. The zero-order chi connectivity index (χ0) is 28.3. The van der Waals surface area contributed by atoms with Gasteiger partial charge in [-0.3, -0.25) is 13.5 Å². The van der Waals surface area contributed by atoms with Crippen LogP contribution in [0.25, 0.3) is 73.0 Å². The van der Waals surface area contributed by atoms with Gasteiger partial charge in [0.25, 0.3) is 0 Å². The molecule has 0 fully saturated rings. The second-order valence-electron chi connectivity index (χ2n) is 10.6. The van der Waals surface area contributed by atoms with E-state index < -0.39 is 0 Å². The van der Waals surface area contributed by atoms with E-state index in [9.17, 15) is 0 Å². The Bertz CT molecular complexity index is 2380. The third-order valence-corrected chi connectivity index (χ3v) is 8.06. The normalized spacial score (nSPS) is 11.7. The molecule has 0 saturated carbocycles. The van der Waals surface area contributed by atoms with Crippen molar-refractivity contribution in [2.24, 2.45) is 0 Å². The Kier molecular flexibility index (Phi) is 5.10. The number of benzene rings is 5. The molecule has 43 heavy (non-hydrogen) atoms. The minimum Gasteiger partial charge on any atom is -0.277 e. The van der Waals surface area contributed by atoms with E-state index >= 15 is 0 Å². The average molecular weight is 553 g/mol. The van der Waals surface area contributed by atoms with Gasteiger partial charge in [0.15, 0.2) is 11.5 Å². The molecule has 202 valence electrons. The Labute approximate surface area is 246 Å². The van der Waals surface area contributed by atoms with E-state index in [-0.39, 0.29) is 0 Å². The second-order valence-corrected chi connectivity index (χ2v) is 10.6. The van der Waals surface area contributed by atoms with E-state index in [1.165, 1.54) is 0 Å². The summed E-state index contributed by atoms with van der Waals surface area (Å²) in [5, 5.41) is 1.12. The van der Waals surface area contributed by atoms with Gasteiger partial charge in [0, 0.05) is 28.3 Å². The maximum atomic E-state index is 5.23. The maximum absolute atomic E-state index is 5.23. The van der Waals surface area contributed by atoms with Crippen LogP contribution >= 0.6 is 0 Å². The van der Waals surface area contributed by atoms with Crippen LogP contribution in [0.4, 0.5) is 0 Å². The summed E-state index contributed by atoms with van der Waals surface area (Å²) in [6.45, 7) is 0. The van der Waals surface area contributed by atoms with Gasteiger partial charge in [-0.05, 0) is 30.3 Å². The smallest absolute Gasteiger partial charge is 0.221 e. The van der Waals surface area contributed by atoms with Crippen molar-refractivity contribution in [3.63, 3.8) is 0 Å². The molecular weight excluding hydrogens is 528 g/mol. The number of fused-ring (bicyclic) bond motifs is 7. The summed E-state index contributed by atoms with van der Waals surface area (Å²) in [6, 6.07) is 49.9. The van der Waals surface area contributed by atoms with E-state index in [0.29, 0.717) is 5.82 Å². The highest BCUT2D eigenvalue weighted by Gasteiger charge is 2.26. The van der Waals surface area contributed by atoms with Gasteiger partial charge < -0.3 is 0 Å². The monoisotopic (exact) mass is 552 g/mol. The van der Waals surface area contributed by atoms with Gasteiger partial charge in [0.2, 0.25) is 5.78 Å². The van der Waals surface area contributed by atoms with Crippen LogP contribution in [-0.4, -0.2) is 28.5 Å². The molecule has 0 aliphatic rings. The highest BCUT2D eigenvalue weighted by Crippen LogP contribution is 2.38. The van der Waals surface area contributed by atoms with Gasteiger partial charge in [0.1, 0.15) is 11.3 Å². The minimum absolute atomic E-state index is 0.678. The van der Waals surface area contributed by atoms with Crippen LogP contribution < -0.4 is 0 Å². The SMILES string of the molecule is c1ccc(-c2cc(-n3c4ccccc4c4c3n3c5ccccc5nc3n4-c3ccccc3)nc(-c3ccccc3)n2)cc1. The minimum atomic E-state index is 0.678. The first kappa shape index (κ1) is 23.7. The average Bonchev–Trinajstić information content (AvgIpc) is 3.72. The third-order valence-electron chi connectivity index (χ3n) is 8.06. The van der Waals surface area contributed by atoms with Crippen LogP contribution in [0.15, 0.2) is 146 Å². The summed E-state index contributed by atoms with van der Waals surface area (Å²) in [5.74, 6) is 2.33. The van der Waals surface area contributed by atoms with Gasteiger partial charge in [-0.1, -0.05) is 109 Å². The molecule has 9 rings (SSSR count). The lowest BCUT2D eigenvalue weighted by Crippen LogP contribution is -2.03. The standard InChI is InChI=1S/C37H24N6/c1-4-14-25(15-5-1)30-24-33(40-35(38-30)26-16-6-2-7-17-26)42-31-22-12-10-20-28(31)34-36(42)43-32-23-13-11-21-29(32)39-37(43)41(34)27-18-8-3-9-19-27/h1-24H. The molecule has 0 bridgehead atoms. The van der Waals surface area contributed by atoms with Crippen molar-refractivity contribution in [1.82, 2.24) is 28.5 Å². The predicted molar refractivity (Wildman–Crippen MR) is 173 cm³/mol. The number of para-hydroxylation sites is 4. The first-order valence-corrected chi connectivity index (χ1v) is 14.3. The van der Waals surface area contributed by atoms with Crippen molar-refractivity contribution >= 4 is 38.9 Å². The molecule has 9 aromatic rings. The van der Waals surface area contributed by atoms with Crippen LogP contribution in [0.3, 0.4) is 0 Å². The van der Waals surface area contributed by atoms with E-state index in [0.717, 1.165) is 67.2 Å². The molecule has 6 nitrogen and oxygen atoms in total. The Balaban J connectivity index is 1.48. The van der Waals surface area contributed by atoms with Crippen LogP contribution in [-0.2, 0) is 0 Å². The summed E-state index contributed by atoms with van der Waals surface area (Å²) in [5.41, 5.74) is 9.06. The number of hydrogen-bond acceptors (Lipinski definition) is 3. The molecule has 4 heterocycles. The molecule has 0 atom stereocenters. The zero-order valence-electron chi connectivity index (χ0n) is 23.0. The van der Waals surface area contributed by atoms with Gasteiger partial charge >= 0.3 is 0 Å². The number of imidazole rings is 2. The number of aromatic nitrogens is 6. The highest BCUT2D eigenvalue weighted by molar-refractivity contribution is 6.10. The van der Waals surface area contributed by atoms with E-state index in [4.69, 9.17) is 15.0 Å².